The van der Waals surface area contributed by atoms with E-state index in [1.807, 2.05) is 47.9 Å². The van der Waals surface area contributed by atoms with E-state index in [4.69, 9.17) is 14.2 Å². The number of aromatic nitrogens is 1. The number of fused-ring (bicyclic) bond motifs is 1. The summed E-state index contributed by atoms with van der Waals surface area (Å²) < 4.78 is 18.0. The standard InChI is InChI=1S/C25H24N2O5S2/c1-4-11-31-18-9-7-17(8-10-18)15-20-23(28)27-22(19-6-5-14-33-19)21(16(2)26-25(27)34-20)24(29)32-13-12-30-3/h4-10,14-15,22H,1,11-13H2,2-3H3/b20-15+. The van der Waals surface area contributed by atoms with Gasteiger partial charge in [0.2, 0.25) is 0 Å². The highest BCUT2D eigenvalue weighted by molar-refractivity contribution is 7.10. The Hall–Kier alpha value is -3.27. The van der Waals surface area contributed by atoms with Gasteiger partial charge in [0.15, 0.2) is 4.80 Å². The van der Waals surface area contributed by atoms with Gasteiger partial charge >= 0.3 is 5.97 Å². The van der Waals surface area contributed by atoms with Crippen molar-refractivity contribution >= 4 is 34.7 Å². The van der Waals surface area contributed by atoms with Crippen molar-refractivity contribution in [2.75, 3.05) is 26.9 Å². The molecule has 7 nitrogen and oxygen atoms in total. The number of carbonyl (C=O) groups excluding carboxylic acids is 1. The Morgan fingerprint density at radius 2 is 2.03 bits per heavy atom. The molecule has 0 aliphatic carbocycles. The van der Waals surface area contributed by atoms with E-state index >= 15 is 0 Å². The van der Waals surface area contributed by atoms with E-state index in [0.29, 0.717) is 33.8 Å². The molecule has 0 saturated carbocycles. The topological polar surface area (TPSA) is 79.1 Å². The van der Waals surface area contributed by atoms with E-state index in [-0.39, 0.29) is 12.2 Å². The van der Waals surface area contributed by atoms with Gasteiger partial charge in [-0.2, -0.15) is 0 Å². The minimum absolute atomic E-state index is 0.125. The maximum absolute atomic E-state index is 13.5. The van der Waals surface area contributed by atoms with Crippen LogP contribution in [0.2, 0.25) is 0 Å². The normalized spacial score (nSPS) is 15.6. The van der Waals surface area contributed by atoms with Gasteiger partial charge in [0.05, 0.1) is 22.4 Å². The van der Waals surface area contributed by atoms with Crippen LogP contribution in [-0.4, -0.2) is 37.5 Å². The van der Waals surface area contributed by atoms with Gasteiger partial charge in [-0.15, -0.1) is 11.3 Å². The number of thiazole rings is 1. The largest absolute Gasteiger partial charge is 0.490 e. The Kier molecular flexibility index (Phi) is 7.56. The van der Waals surface area contributed by atoms with Crippen molar-refractivity contribution in [1.29, 1.82) is 0 Å². The second-order valence-corrected chi connectivity index (χ2v) is 9.38. The lowest BCUT2D eigenvalue weighted by Crippen LogP contribution is -2.39. The van der Waals surface area contributed by atoms with Crippen molar-refractivity contribution in [2.24, 2.45) is 4.99 Å². The number of nitrogens with zero attached hydrogens (tertiary/aromatic N) is 2. The highest BCUT2D eigenvalue weighted by atomic mass is 32.1. The SMILES string of the molecule is C=CCOc1ccc(/C=c2/sc3n(c2=O)C(c2cccs2)C(C(=O)OCCOC)=C(C)N=3)cc1. The molecule has 1 aliphatic heterocycles. The number of methoxy groups -OCH3 is 1. The molecule has 9 heteroatoms. The fourth-order valence-corrected chi connectivity index (χ4v) is 5.43. The molecule has 34 heavy (non-hydrogen) atoms. The van der Waals surface area contributed by atoms with Crippen LogP contribution in [0.5, 0.6) is 5.75 Å². The predicted molar refractivity (Wildman–Crippen MR) is 133 cm³/mol. The molecule has 3 heterocycles. The maximum atomic E-state index is 13.5. The first kappa shape index (κ1) is 23.9. The molecule has 1 aromatic carbocycles. The molecule has 176 valence electrons. The zero-order valence-electron chi connectivity index (χ0n) is 18.9. The first-order chi connectivity index (χ1) is 16.5. The molecule has 0 N–H and O–H groups in total. The Morgan fingerprint density at radius 1 is 1.24 bits per heavy atom. The van der Waals surface area contributed by atoms with Gasteiger partial charge in [-0.05, 0) is 42.1 Å². The van der Waals surface area contributed by atoms with Crippen molar-refractivity contribution in [3.05, 3.63) is 95.8 Å². The summed E-state index contributed by atoms with van der Waals surface area (Å²) in [6, 6.07) is 10.7. The molecule has 4 rings (SSSR count). The van der Waals surface area contributed by atoms with E-state index in [2.05, 4.69) is 11.6 Å². The summed E-state index contributed by atoms with van der Waals surface area (Å²) in [5.74, 6) is 0.226. The zero-order valence-corrected chi connectivity index (χ0v) is 20.5. The number of hydrogen-bond donors (Lipinski definition) is 0. The van der Waals surface area contributed by atoms with Gasteiger partial charge in [-0.3, -0.25) is 9.36 Å². The minimum Gasteiger partial charge on any atom is -0.490 e. The zero-order chi connectivity index (χ0) is 24.1. The lowest BCUT2D eigenvalue weighted by Gasteiger charge is -2.23. The molecule has 0 fully saturated rings. The van der Waals surface area contributed by atoms with E-state index < -0.39 is 12.0 Å². The lowest BCUT2D eigenvalue weighted by atomic mass is 10.0. The number of esters is 1. The third-order valence-corrected chi connectivity index (χ3v) is 7.03. The fraction of sp³-hybridized carbons (Fsp3) is 0.240. The number of carbonyl (C=O) groups is 1. The van der Waals surface area contributed by atoms with Crippen molar-refractivity contribution in [2.45, 2.75) is 13.0 Å². The number of allylic oxidation sites excluding steroid dienone is 1. The van der Waals surface area contributed by atoms with Crippen molar-refractivity contribution < 1.29 is 19.0 Å². The first-order valence-electron chi connectivity index (χ1n) is 10.6. The molecule has 0 radical (unpaired) electrons. The van der Waals surface area contributed by atoms with Crippen LogP contribution in [0.15, 0.2) is 75.5 Å². The quantitative estimate of drug-likeness (QED) is 0.259. The van der Waals surface area contributed by atoms with Gasteiger partial charge in [-0.25, -0.2) is 9.79 Å². The highest BCUT2D eigenvalue weighted by Crippen LogP contribution is 2.33. The summed E-state index contributed by atoms with van der Waals surface area (Å²) in [6.07, 6.45) is 3.50. The summed E-state index contributed by atoms with van der Waals surface area (Å²) in [7, 11) is 1.54. The van der Waals surface area contributed by atoms with Crippen LogP contribution >= 0.6 is 22.7 Å². The molecule has 1 aliphatic rings. The summed E-state index contributed by atoms with van der Waals surface area (Å²) >= 11 is 2.78. The number of rotatable bonds is 9. The Labute approximate surface area is 204 Å². The van der Waals surface area contributed by atoms with Crippen LogP contribution in [-0.2, 0) is 14.3 Å². The second kappa shape index (κ2) is 10.8. The first-order valence-corrected chi connectivity index (χ1v) is 12.3. The Balaban J connectivity index is 1.76. The predicted octanol–water partition coefficient (Wildman–Crippen LogP) is 3.05. The van der Waals surface area contributed by atoms with Crippen molar-refractivity contribution in [1.82, 2.24) is 4.57 Å². The molecule has 0 spiro atoms. The average molecular weight is 497 g/mol. The molecule has 0 amide bonds. The number of ether oxygens (including phenoxy) is 3. The smallest absolute Gasteiger partial charge is 0.338 e. The Morgan fingerprint density at radius 3 is 2.71 bits per heavy atom. The van der Waals surface area contributed by atoms with Gasteiger partial charge < -0.3 is 14.2 Å². The second-order valence-electron chi connectivity index (χ2n) is 7.39. The van der Waals surface area contributed by atoms with E-state index in [0.717, 1.165) is 16.2 Å². The van der Waals surface area contributed by atoms with Gasteiger partial charge in [0.1, 0.15) is 25.0 Å². The summed E-state index contributed by atoms with van der Waals surface area (Å²) in [5.41, 5.74) is 1.56. The third kappa shape index (κ3) is 4.96. The molecule has 1 atom stereocenters. The molecule has 0 bridgehead atoms. The highest BCUT2D eigenvalue weighted by Gasteiger charge is 2.34. The number of benzene rings is 1. The average Bonchev–Trinajstić information content (AvgIpc) is 3.46. The fourth-order valence-electron chi connectivity index (χ4n) is 3.56. The molecular weight excluding hydrogens is 472 g/mol. The van der Waals surface area contributed by atoms with Crippen LogP contribution in [0.4, 0.5) is 0 Å². The van der Waals surface area contributed by atoms with E-state index in [1.165, 1.54) is 22.7 Å². The Bertz CT molecular complexity index is 1380. The van der Waals surface area contributed by atoms with Crippen LogP contribution in [0.3, 0.4) is 0 Å². The number of thiophene rings is 1. The van der Waals surface area contributed by atoms with Gasteiger partial charge in [0, 0.05) is 12.0 Å². The lowest BCUT2D eigenvalue weighted by molar-refractivity contribution is -0.140. The van der Waals surface area contributed by atoms with Crippen LogP contribution < -0.4 is 19.6 Å². The summed E-state index contributed by atoms with van der Waals surface area (Å²) in [5, 5.41) is 1.92. The number of hydrogen-bond acceptors (Lipinski definition) is 8. The van der Waals surface area contributed by atoms with Crippen LogP contribution in [0.1, 0.15) is 23.4 Å². The third-order valence-electron chi connectivity index (χ3n) is 5.12. The van der Waals surface area contributed by atoms with E-state index in [9.17, 15) is 9.59 Å². The molecular formula is C25H24N2O5S2. The van der Waals surface area contributed by atoms with Crippen molar-refractivity contribution in [3.63, 3.8) is 0 Å². The molecule has 2 aromatic heterocycles. The molecule has 3 aromatic rings. The molecule has 0 saturated heterocycles. The monoisotopic (exact) mass is 496 g/mol. The summed E-state index contributed by atoms with van der Waals surface area (Å²) in [4.78, 5) is 32.5. The van der Waals surface area contributed by atoms with Gasteiger partial charge in [0.25, 0.3) is 5.56 Å². The molecule has 1 unspecified atom stereocenters. The van der Waals surface area contributed by atoms with E-state index in [1.54, 1.807) is 24.7 Å². The summed E-state index contributed by atoms with van der Waals surface area (Å²) in [6.45, 7) is 6.26. The maximum Gasteiger partial charge on any atom is 0.338 e. The minimum atomic E-state index is -0.594. The van der Waals surface area contributed by atoms with Crippen LogP contribution in [0, 0.1) is 0 Å². The van der Waals surface area contributed by atoms with Crippen molar-refractivity contribution in [3.8, 4) is 5.75 Å². The van der Waals surface area contributed by atoms with Crippen LogP contribution in [0.25, 0.3) is 6.08 Å². The van der Waals surface area contributed by atoms with Gasteiger partial charge in [-0.1, -0.05) is 42.2 Å².